The van der Waals surface area contributed by atoms with Crippen molar-refractivity contribution in [2.45, 2.75) is 19.9 Å². The monoisotopic (exact) mass is 461 g/mol. The highest BCUT2D eigenvalue weighted by atomic mass is 16.6. The van der Waals surface area contributed by atoms with Crippen molar-refractivity contribution in [3.05, 3.63) is 105 Å². The van der Waals surface area contributed by atoms with Crippen LogP contribution in [0.15, 0.2) is 72.8 Å². The van der Waals surface area contributed by atoms with Crippen LogP contribution in [0.25, 0.3) is 0 Å². The van der Waals surface area contributed by atoms with Crippen LogP contribution >= 0.6 is 0 Å². The Balaban J connectivity index is 1.65. The van der Waals surface area contributed by atoms with Gasteiger partial charge in [0.1, 0.15) is 5.56 Å². The van der Waals surface area contributed by atoms with E-state index in [1.807, 2.05) is 37.3 Å². The maximum absolute atomic E-state index is 12.8. The number of nitrogens with zero attached hydrogens (tertiary/aromatic N) is 1. The largest absolute Gasteiger partial charge is 0.452 e. The summed E-state index contributed by atoms with van der Waals surface area (Å²) in [5.41, 5.74) is 1.08. The molecule has 0 aliphatic rings. The van der Waals surface area contributed by atoms with Crippen molar-refractivity contribution in [1.82, 2.24) is 5.32 Å². The number of para-hydroxylation sites is 2. The molecule has 0 radical (unpaired) electrons. The third-order valence-corrected chi connectivity index (χ3v) is 5.07. The fraction of sp³-hybridized carbons (Fsp3) is 0.160. The number of nitro groups is 1. The predicted molar refractivity (Wildman–Crippen MR) is 126 cm³/mol. The Labute approximate surface area is 195 Å². The number of nitro benzene ring substituents is 1. The van der Waals surface area contributed by atoms with E-state index in [0.29, 0.717) is 5.56 Å². The Hall–Kier alpha value is -4.53. The molecule has 2 N–H and O–H groups in total. The summed E-state index contributed by atoms with van der Waals surface area (Å²) in [6, 6.07) is 19.8. The number of carbonyl (C=O) groups is 3. The Morgan fingerprint density at radius 1 is 0.941 bits per heavy atom. The molecule has 3 aromatic rings. The molecule has 0 aromatic heterocycles. The van der Waals surface area contributed by atoms with Crippen molar-refractivity contribution in [3.63, 3.8) is 0 Å². The SMILES string of the molecule is Cc1cccc(C(=O)OCC(=O)Nc2ccccc2C(=O)NC(C)c2ccccc2)c1[N+](=O)[O-]. The molecule has 0 heterocycles. The lowest BCUT2D eigenvalue weighted by Gasteiger charge is -2.16. The Morgan fingerprint density at radius 2 is 1.59 bits per heavy atom. The summed E-state index contributed by atoms with van der Waals surface area (Å²) in [4.78, 5) is 48.1. The number of hydrogen-bond donors (Lipinski definition) is 2. The van der Waals surface area contributed by atoms with Crippen LogP contribution < -0.4 is 10.6 Å². The van der Waals surface area contributed by atoms with Crippen molar-refractivity contribution in [1.29, 1.82) is 0 Å². The molecule has 174 valence electrons. The van der Waals surface area contributed by atoms with E-state index in [1.165, 1.54) is 25.1 Å². The first-order valence-corrected chi connectivity index (χ1v) is 10.4. The van der Waals surface area contributed by atoms with Gasteiger partial charge in [0, 0.05) is 5.56 Å². The molecule has 3 rings (SSSR count). The normalized spacial score (nSPS) is 11.2. The number of esters is 1. The molecule has 9 heteroatoms. The molecule has 9 nitrogen and oxygen atoms in total. The molecule has 2 amide bonds. The highest BCUT2D eigenvalue weighted by Gasteiger charge is 2.24. The van der Waals surface area contributed by atoms with Gasteiger partial charge in [-0.1, -0.05) is 54.6 Å². The predicted octanol–water partition coefficient (Wildman–Crippen LogP) is 4.19. The third kappa shape index (κ3) is 5.83. The molecule has 1 atom stereocenters. The second kappa shape index (κ2) is 10.9. The maximum atomic E-state index is 12.8. The average Bonchev–Trinajstić information content (AvgIpc) is 2.83. The standard InChI is InChI=1S/C25H23N3O6/c1-16-9-8-13-20(23(16)28(32)33)25(31)34-15-22(29)27-21-14-7-6-12-19(21)24(30)26-17(2)18-10-4-3-5-11-18/h3-14,17H,15H2,1-2H3,(H,26,30)(H,27,29). The number of carbonyl (C=O) groups excluding carboxylic acids is 3. The van der Waals surface area contributed by atoms with E-state index in [4.69, 9.17) is 4.74 Å². The molecule has 0 aliphatic carbocycles. The minimum Gasteiger partial charge on any atom is -0.452 e. The molecular formula is C25H23N3O6. The number of hydrogen-bond acceptors (Lipinski definition) is 6. The van der Waals surface area contributed by atoms with E-state index in [1.54, 1.807) is 24.3 Å². The van der Waals surface area contributed by atoms with E-state index in [0.717, 1.165) is 5.56 Å². The maximum Gasteiger partial charge on any atom is 0.345 e. The summed E-state index contributed by atoms with van der Waals surface area (Å²) in [7, 11) is 0. The molecule has 1 unspecified atom stereocenters. The van der Waals surface area contributed by atoms with Crippen molar-refractivity contribution in [3.8, 4) is 0 Å². The van der Waals surface area contributed by atoms with Crippen LogP contribution in [0.5, 0.6) is 0 Å². The zero-order valence-corrected chi connectivity index (χ0v) is 18.6. The highest BCUT2D eigenvalue weighted by Crippen LogP contribution is 2.24. The van der Waals surface area contributed by atoms with Crippen LogP contribution in [-0.4, -0.2) is 29.3 Å². The van der Waals surface area contributed by atoms with Crippen LogP contribution in [0, 0.1) is 17.0 Å². The number of benzene rings is 3. The second-order valence-corrected chi connectivity index (χ2v) is 7.50. The smallest absolute Gasteiger partial charge is 0.345 e. The van der Waals surface area contributed by atoms with Gasteiger partial charge in [0.15, 0.2) is 6.61 Å². The van der Waals surface area contributed by atoms with E-state index in [2.05, 4.69) is 10.6 Å². The number of ether oxygens (including phenoxy) is 1. The number of aryl methyl sites for hydroxylation is 1. The first-order chi connectivity index (χ1) is 16.3. The van der Waals surface area contributed by atoms with Gasteiger partial charge in [-0.15, -0.1) is 0 Å². The highest BCUT2D eigenvalue weighted by molar-refractivity contribution is 6.04. The minimum atomic E-state index is -0.992. The van der Waals surface area contributed by atoms with Crippen LogP contribution in [0.4, 0.5) is 11.4 Å². The van der Waals surface area contributed by atoms with Gasteiger partial charge in [-0.3, -0.25) is 19.7 Å². The molecule has 0 spiro atoms. The van der Waals surface area contributed by atoms with Crippen LogP contribution in [-0.2, 0) is 9.53 Å². The molecule has 0 saturated heterocycles. The fourth-order valence-corrected chi connectivity index (χ4v) is 3.35. The average molecular weight is 461 g/mol. The summed E-state index contributed by atoms with van der Waals surface area (Å²) in [5, 5.41) is 16.7. The summed E-state index contributed by atoms with van der Waals surface area (Å²) in [6.07, 6.45) is 0. The topological polar surface area (TPSA) is 128 Å². The first-order valence-electron chi connectivity index (χ1n) is 10.4. The minimum absolute atomic E-state index is 0.235. The number of amides is 2. The Kier molecular flexibility index (Phi) is 7.71. The van der Waals surface area contributed by atoms with Crippen molar-refractivity contribution in [2.75, 3.05) is 11.9 Å². The second-order valence-electron chi connectivity index (χ2n) is 7.50. The lowest BCUT2D eigenvalue weighted by Crippen LogP contribution is -2.28. The summed E-state index contributed by atoms with van der Waals surface area (Å²) in [6.45, 7) is 2.67. The van der Waals surface area contributed by atoms with Crippen LogP contribution in [0.2, 0.25) is 0 Å². The van der Waals surface area contributed by atoms with Gasteiger partial charge in [0.25, 0.3) is 17.5 Å². The molecule has 0 fully saturated rings. The zero-order valence-electron chi connectivity index (χ0n) is 18.6. The van der Waals surface area contributed by atoms with Gasteiger partial charge >= 0.3 is 5.97 Å². The molecule has 3 aromatic carbocycles. The Bertz CT molecular complexity index is 1230. The zero-order chi connectivity index (χ0) is 24.7. The fourth-order valence-electron chi connectivity index (χ4n) is 3.35. The van der Waals surface area contributed by atoms with E-state index >= 15 is 0 Å². The quantitative estimate of drug-likeness (QED) is 0.294. The van der Waals surface area contributed by atoms with Gasteiger partial charge in [-0.25, -0.2) is 4.79 Å². The van der Waals surface area contributed by atoms with Crippen molar-refractivity contribution in [2.24, 2.45) is 0 Å². The Morgan fingerprint density at radius 3 is 2.29 bits per heavy atom. The van der Waals surface area contributed by atoms with E-state index < -0.39 is 23.4 Å². The van der Waals surface area contributed by atoms with E-state index in [-0.39, 0.29) is 34.5 Å². The van der Waals surface area contributed by atoms with Gasteiger partial charge in [-0.05, 0) is 37.6 Å². The third-order valence-electron chi connectivity index (χ3n) is 5.07. The lowest BCUT2D eigenvalue weighted by atomic mass is 10.1. The number of nitrogens with one attached hydrogen (secondary N) is 2. The van der Waals surface area contributed by atoms with Gasteiger partial charge in [-0.2, -0.15) is 0 Å². The summed E-state index contributed by atoms with van der Waals surface area (Å²) in [5.74, 6) is -2.08. The summed E-state index contributed by atoms with van der Waals surface area (Å²) < 4.78 is 4.97. The van der Waals surface area contributed by atoms with Crippen LogP contribution in [0.3, 0.4) is 0 Å². The lowest BCUT2D eigenvalue weighted by molar-refractivity contribution is -0.385. The molecular weight excluding hydrogens is 438 g/mol. The first kappa shape index (κ1) is 24.1. The van der Waals surface area contributed by atoms with Gasteiger partial charge in [0.2, 0.25) is 0 Å². The molecule has 34 heavy (non-hydrogen) atoms. The molecule has 0 aliphatic heterocycles. The van der Waals surface area contributed by atoms with Gasteiger partial charge < -0.3 is 15.4 Å². The summed E-state index contributed by atoms with van der Waals surface area (Å²) >= 11 is 0. The number of anilines is 1. The van der Waals surface area contributed by atoms with Crippen molar-refractivity contribution < 1.29 is 24.0 Å². The van der Waals surface area contributed by atoms with E-state index in [9.17, 15) is 24.5 Å². The van der Waals surface area contributed by atoms with Gasteiger partial charge in [0.05, 0.1) is 22.2 Å². The van der Waals surface area contributed by atoms with Crippen molar-refractivity contribution >= 4 is 29.2 Å². The number of rotatable bonds is 8. The molecule has 0 bridgehead atoms. The molecule has 0 saturated carbocycles. The van der Waals surface area contributed by atoms with Crippen LogP contribution in [0.1, 0.15) is 44.8 Å².